The van der Waals surface area contributed by atoms with E-state index in [-0.39, 0.29) is 0 Å². The van der Waals surface area contributed by atoms with Gasteiger partial charge in [0.1, 0.15) is 0 Å². The lowest BCUT2D eigenvalue weighted by atomic mass is 10.0. The fraction of sp³-hybridized carbons (Fsp3) is 0.458. The minimum absolute atomic E-state index is 0.311. The Morgan fingerprint density at radius 2 is 1.43 bits per heavy atom. The van der Waals surface area contributed by atoms with Gasteiger partial charge in [0.15, 0.2) is 5.78 Å². The number of unbranched alkanes of at least 4 members (excludes halogenated alkanes) is 8. The molecule has 1 nitrogen and oxygen atoms in total. The summed E-state index contributed by atoms with van der Waals surface area (Å²) in [7, 11) is 0. The van der Waals surface area contributed by atoms with E-state index in [1.165, 1.54) is 72.9 Å². The Morgan fingerprint density at radius 1 is 0.821 bits per heavy atom. The molecular formula is C24H30OS3. The molecule has 0 unspecified atom stereocenters. The SMILES string of the molecule is CCCCCCCCCCCC(=O)c1cc(-c2ccsc2)c(-c2ccsc2)s1. The molecule has 4 heteroatoms. The molecule has 0 aliphatic rings. The third kappa shape index (κ3) is 6.13. The van der Waals surface area contributed by atoms with Crippen molar-refractivity contribution in [2.75, 3.05) is 0 Å². The van der Waals surface area contributed by atoms with Crippen molar-refractivity contribution >= 4 is 39.8 Å². The third-order valence-electron chi connectivity index (χ3n) is 5.13. The maximum atomic E-state index is 12.8. The zero-order chi connectivity index (χ0) is 19.6. The van der Waals surface area contributed by atoms with Crippen LogP contribution in [0.4, 0.5) is 0 Å². The van der Waals surface area contributed by atoms with Gasteiger partial charge in [-0.25, -0.2) is 0 Å². The normalized spacial score (nSPS) is 11.2. The summed E-state index contributed by atoms with van der Waals surface area (Å²) < 4.78 is 0. The molecule has 3 heterocycles. The first kappa shape index (κ1) is 21.5. The van der Waals surface area contributed by atoms with Crippen molar-refractivity contribution in [2.24, 2.45) is 0 Å². The largest absolute Gasteiger partial charge is 0.293 e. The molecule has 0 spiro atoms. The van der Waals surface area contributed by atoms with Gasteiger partial charge in [0.25, 0.3) is 0 Å². The van der Waals surface area contributed by atoms with Crippen LogP contribution in [0.2, 0.25) is 0 Å². The van der Waals surface area contributed by atoms with Crippen molar-refractivity contribution in [1.82, 2.24) is 0 Å². The summed E-state index contributed by atoms with van der Waals surface area (Å²) in [6.45, 7) is 2.26. The summed E-state index contributed by atoms with van der Waals surface area (Å²) in [6, 6.07) is 6.42. The van der Waals surface area contributed by atoms with Crippen LogP contribution < -0.4 is 0 Å². The molecule has 0 N–H and O–H groups in total. The van der Waals surface area contributed by atoms with E-state index < -0.39 is 0 Å². The molecule has 28 heavy (non-hydrogen) atoms. The summed E-state index contributed by atoms with van der Waals surface area (Å²) in [5, 5.41) is 8.56. The molecule has 150 valence electrons. The van der Waals surface area contributed by atoms with Crippen LogP contribution in [0.3, 0.4) is 0 Å². The lowest BCUT2D eigenvalue weighted by molar-refractivity contribution is 0.0983. The summed E-state index contributed by atoms with van der Waals surface area (Å²) >= 11 is 5.08. The van der Waals surface area contributed by atoms with Crippen LogP contribution in [-0.4, -0.2) is 5.78 Å². The van der Waals surface area contributed by atoms with Crippen LogP contribution in [0.5, 0.6) is 0 Å². The first-order chi connectivity index (χ1) is 13.8. The highest BCUT2D eigenvalue weighted by molar-refractivity contribution is 7.18. The monoisotopic (exact) mass is 430 g/mol. The van der Waals surface area contributed by atoms with E-state index in [2.05, 4.69) is 46.6 Å². The van der Waals surface area contributed by atoms with Crippen LogP contribution >= 0.6 is 34.0 Å². The minimum atomic E-state index is 0.311. The second-order valence-electron chi connectivity index (χ2n) is 7.38. The van der Waals surface area contributed by atoms with Gasteiger partial charge >= 0.3 is 0 Å². The van der Waals surface area contributed by atoms with Gasteiger partial charge in [-0.1, -0.05) is 58.3 Å². The molecular weight excluding hydrogens is 400 g/mol. The quantitative estimate of drug-likeness (QED) is 0.195. The Balaban J connectivity index is 1.51. The number of rotatable bonds is 13. The van der Waals surface area contributed by atoms with E-state index in [1.54, 1.807) is 34.0 Å². The second-order valence-corrected chi connectivity index (χ2v) is 9.99. The zero-order valence-electron chi connectivity index (χ0n) is 16.7. The lowest BCUT2D eigenvalue weighted by Crippen LogP contribution is -1.95. The van der Waals surface area contributed by atoms with Crippen LogP contribution in [0.15, 0.2) is 39.7 Å². The van der Waals surface area contributed by atoms with E-state index in [0.29, 0.717) is 12.2 Å². The molecule has 3 rings (SSSR count). The summed E-state index contributed by atoms with van der Waals surface area (Å²) in [6.07, 6.45) is 12.3. The number of carbonyl (C=O) groups is 1. The van der Waals surface area contributed by atoms with Gasteiger partial charge in [-0.05, 0) is 51.7 Å². The predicted octanol–water partition coefficient (Wildman–Crippen LogP) is 9.31. The topological polar surface area (TPSA) is 17.1 Å². The fourth-order valence-electron chi connectivity index (χ4n) is 3.49. The molecule has 0 fully saturated rings. The average molecular weight is 431 g/mol. The number of hydrogen-bond acceptors (Lipinski definition) is 4. The number of hydrogen-bond donors (Lipinski definition) is 0. The Morgan fingerprint density at radius 3 is 2.04 bits per heavy atom. The van der Waals surface area contributed by atoms with E-state index in [4.69, 9.17) is 0 Å². The maximum absolute atomic E-state index is 12.8. The van der Waals surface area contributed by atoms with Gasteiger partial charge < -0.3 is 0 Å². The Labute approximate surface area is 181 Å². The number of thiophene rings is 3. The Hall–Kier alpha value is -1.23. The van der Waals surface area contributed by atoms with Crippen molar-refractivity contribution in [2.45, 2.75) is 71.1 Å². The van der Waals surface area contributed by atoms with E-state index >= 15 is 0 Å². The fourth-order valence-corrected chi connectivity index (χ4v) is 6.01. The highest BCUT2D eigenvalue weighted by Crippen LogP contribution is 2.41. The maximum Gasteiger partial charge on any atom is 0.172 e. The minimum Gasteiger partial charge on any atom is -0.293 e. The van der Waals surface area contributed by atoms with Gasteiger partial charge in [-0.15, -0.1) is 11.3 Å². The second kappa shape index (κ2) is 11.7. The predicted molar refractivity (Wildman–Crippen MR) is 127 cm³/mol. The van der Waals surface area contributed by atoms with E-state index in [0.717, 1.165) is 11.3 Å². The van der Waals surface area contributed by atoms with Crippen LogP contribution in [-0.2, 0) is 0 Å². The van der Waals surface area contributed by atoms with Gasteiger partial charge in [0, 0.05) is 22.4 Å². The highest BCUT2D eigenvalue weighted by atomic mass is 32.1. The van der Waals surface area contributed by atoms with Crippen molar-refractivity contribution in [3.8, 4) is 21.6 Å². The molecule has 0 radical (unpaired) electrons. The molecule has 0 saturated heterocycles. The lowest BCUT2D eigenvalue weighted by Gasteiger charge is -2.01. The number of ketones is 1. The summed E-state index contributed by atoms with van der Waals surface area (Å²) in [5.41, 5.74) is 3.67. The molecule has 3 aromatic heterocycles. The molecule has 0 aliphatic heterocycles. The van der Waals surface area contributed by atoms with Gasteiger partial charge in [-0.2, -0.15) is 22.7 Å². The van der Waals surface area contributed by atoms with Gasteiger partial charge in [-0.3, -0.25) is 4.79 Å². The first-order valence-corrected chi connectivity index (χ1v) is 13.2. The molecule has 0 atom stereocenters. The standard InChI is InChI=1S/C24H30OS3/c1-2-3-4-5-6-7-8-9-10-11-22(25)23-16-21(19-12-14-26-17-19)24(28-23)20-13-15-27-18-20/h12-18H,2-11H2,1H3. The molecule has 0 bridgehead atoms. The van der Waals surface area contributed by atoms with E-state index in [9.17, 15) is 4.79 Å². The molecule has 0 amide bonds. The zero-order valence-corrected chi connectivity index (χ0v) is 19.2. The van der Waals surface area contributed by atoms with Gasteiger partial charge in [0.05, 0.1) is 4.88 Å². The van der Waals surface area contributed by atoms with Crippen LogP contribution in [0.1, 0.15) is 80.8 Å². The summed E-state index contributed by atoms with van der Waals surface area (Å²) in [5.74, 6) is 0.311. The Bertz CT molecular complexity index is 761. The van der Waals surface area contributed by atoms with Crippen LogP contribution in [0, 0.1) is 0 Å². The van der Waals surface area contributed by atoms with Gasteiger partial charge in [0.2, 0.25) is 0 Å². The van der Waals surface area contributed by atoms with Crippen molar-refractivity contribution in [1.29, 1.82) is 0 Å². The number of Topliss-reactive ketones (excluding diaryl/α,β-unsaturated/α-hetero) is 1. The third-order valence-corrected chi connectivity index (χ3v) is 7.72. The van der Waals surface area contributed by atoms with Crippen LogP contribution in [0.25, 0.3) is 21.6 Å². The molecule has 0 aliphatic carbocycles. The molecule has 0 saturated carbocycles. The smallest absolute Gasteiger partial charge is 0.172 e. The number of carbonyl (C=O) groups excluding carboxylic acids is 1. The molecule has 0 aromatic carbocycles. The average Bonchev–Trinajstić information content (AvgIpc) is 3.46. The summed E-state index contributed by atoms with van der Waals surface area (Å²) in [4.78, 5) is 14.9. The van der Waals surface area contributed by atoms with E-state index in [1.807, 2.05) is 0 Å². The Kier molecular flexibility index (Phi) is 8.97. The molecule has 3 aromatic rings. The highest BCUT2D eigenvalue weighted by Gasteiger charge is 2.17. The van der Waals surface area contributed by atoms with Crippen molar-refractivity contribution in [3.63, 3.8) is 0 Å². The van der Waals surface area contributed by atoms with Crippen molar-refractivity contribution < 1.29 is 4.79 Å². The van der Waals surface area contributed by atoms with Crippen molar-refractivity contribution in [3.05, 3.63) is 44.6 Å². The first-order valence-electron chi connectivity index (χ1n) is 10.5.